The molecule has 21 heavy (non-hydrogen) atoms. The summed E-state index contributed by atoms with van der Waals surface area (Å²) in [4.78, 5) is 14.1. The van der Waals surface area contributed by atoms with E-state index < -0.39 is 11.5 Å². The molecular weight excluding hydrogens is 263 g/mol. The highest BCUT2D eigenvalue weighted by Crippen LogP contribution is 2.31. The minimum atomic E-state index is -1.01. The van der Waals surface area contributed by atoms with Crippen LogP contribution < -0.4 is 5.73 Å². The van der Waals surface area contributed by atoms with Crippen LogP contribution in [0.4, 0.5) is 0 Å². The van der Waals surface area contributed by atoms with Gasteiger partial charge in [0.05, 0.1) is 0 Å². The lowest BCUT2D eigenvalue weighted by Gasteiger charge is -2.40. The van der Waals surface area contributed by atoms with Gasteiger partial charge in [0.15, 0.2) is 0 Å². The van der Waals surface area contributed by atoms with Gasteiger partial charge in [-0.15, -0.1) is 0 Å². The third-order valence-electron chi connectivity index (χ3n) is 4.93. The van der Waals surface area contributed by atoms with Crippen molar-refractivity contribution in [1.82, 2.24) is 4.90 Å². The van der Waals surface area contributed by atoms with E-state index >= 15 is 0 Å². The van der Waals surface area contributed by atoms with Crippen LogP contribution in [0.25, 0.3) is 0 Å². The van der Waals surface area contributed by atoms with Crippen molar-refractivity contribution in [3.8, 4) is 0 Å². The number of nitrogens with two attached hydrogens (primary N) is 1. The molecule has 1 heterocycles. The number of carbonyl (C=O) groups is 1. The van der Waals surface area contributed by atoms with Gasteiger partial charge in [-0.1, -0.05) is 33.0 Å². The third-order valence-corrected chi connectivity index (χ3v) is 4.93. The quantitative estimate of drug-likeness (QED) is 0.502. The first-order valence-corrected chi connectivity index (χ1v) is 8.64. The predicted octanol–water partition coefficient (Wildman–Crippen LogP) is 1.75. The van der Waals surface area contributed by atoms with Crippen LogP contribution in [0.15, 0.2) is 0 Å². The second-order valence-corrected chi connectivity index (χ2v) is 7.10. The molecule has 0 aromatic heterocycles. The third kappa shape index (κ3) is 5.63. The van der Waals surface area contributed by atoms with Gasteiger partial charge < -0.3 is 15.7 Å². The summed E-state index contributed by atoms with van der Waals surface area (Å²) >= 11 is 0. The predicted molar refractivity (Wildman–Crippen MR) is 90.4 cm³/mol. The molecule has 1 aliphatic rings. The van der Waals surface area contributed by atoms with Gasteiger partial charge in [-0.2, -0.15) is 0 Å². The van der Waals surface area contributed by atoms with Crippen molar-refractivity contribution in [2.24, 2.45) is 17.6 Å². The van der Waals surface area contributed by atoms with E-state index in [0.29, 0.717) is 6.42 Å². The maximum atomic E-state index is 11.7. The number of carboxylic acid groups (broad SMARTS) is 1. The molecule has 0 spiro atoms. The second-order valence-electron chi connectivity index (χ2n) is 7.10. The molecule has 1 fully saturated rings. The normalized spacial score (nSPS) is 20.6. The maximum Gasteiger partial charge on any atom is 0.323 e. The number of hydrogen-bond donors (Lipinski definition) is 2. The monoisotopic (exact) mass is 296 g/mol. The molecule has 3 N–H and O–H groups in total. The Balaban J connectivity index is 2.49. The van der Waals surface area contributed by atoms with Crippen LogP contribution in [0.3, 0.4) is 0 Å². The summed E-state index contributed by atoms with van der Waals surface area (Å²) in [7, 11) is 2.13. The summed E-state index contributed by atoms with van der Waals surface area (Å²) in [6.07, 6.45) is 6.77. The van der Waals surface area contributed by atoms with E-state index in [1.54, 1.807) is 0 Å². The van der Waals surface area contributed by atoms with E-state index in [4.69, 9.17) is 5.73 Å². The Hall–Kier alpha value is -0.545. The minimum absolute atomic E-state index is 0.127. The van der Waals surface area contributed by atoms with Gasteiger partial charge in [-0.05, 0) is 57.2 Å². The molecule has 1 atom stereocenters. The topological polar surface area (TPSA) is 66.6 Å². The Kier molecular flexibility index (Phi) is 7.75. The number of piperidine rings is 1. The molecule has 0 radical (unpaired) electrons. The number of nitrogens with zero attached hydrogens (tertiary/aromatic N) is 1. The van der Waals surface area contributed by atoms with E-state index in [1.807, 2.05) is 0 Å². The van der Waals surface area contributed by atoms with Crippen molar-refractivity contribution in [2.45, 2.75) is 64.2 Å². The van der Waals surface area contributed by atoms with Gasteiger partial charge in [0.2, 0.25) is 0 Å². The molecule has 1 unspecified atom stereocenters. The molecule has 0 aromatic carbocycles. The number of rotatable bonds is 9. The fourth-order valence-electron chi connectivity index (χ4n) is 3.27. The molecule has 0 aliphatic carbocycles. The summed E-state index contributed by atoms with van der Waals surface area (Å²) in [6, 6.07) is 0. The van der Waals surface area contributed by atoms with E-state index in [2.05, 4.69) is 26.6 Å². The van der Waals surface area contributed by atoms with Gasteiger partial charge in [-0.3, -0.25) is 4.79 Å². The summed E-state index contributed by atoms with van der Waals surface area (Å²) < 4.78 is 0. The van der Waals surface area contributed by atoms with Gasteiger partial charge in [-0.25, -0.2) is 0 Å². The molecule has 5 heteroatoms. The molecule has 1 rings (SSSR count). The smallest absolute Gasteiger partial charge is 0.323 e. The van der Waals surface area contributed by atoms with Crippen molar-refractivity contribution in [1.29, 1.82) is 0 Å². The molecule has 0 bridgehead atoms. The summed E-state index contributed by atoms with van der Waals surface area (Å²) in [6.45, 7) is 7.62. The van der Waals surface area contributed by atoms with Crippen molar-refractivity contribution in [3.63, 3.8) is 0 Å². The fourth-order valence-corrected chi connectivity index (χ4v) is 3.27. The lowest BCUT2D eigenvalue weighted by Crippen LogP contribution is -2.57. The lowest BCUT2D eigenvalue weighted by molar-refractivity contribution is -0.147. The minimum Gasteiger partial charge on any atom is -0.480 e. The summed E-state index contributed by atoms with van der Waals surface area (Å²) in [5.41, 5.74) is 5.29. The molecule has 0 aromatic rings. The maximum absolute atomic E-state index is 11.7. The van der Waals surface area contributed by atoms with E-state index in [1.165, 1.54) is 6.42 Å². The average Bonchev–Trinajstić information content (AvgIpc) is 2.45. The molecule has 1 saturated heterocycles. The van der Waals surface area contributed by atoms with Gasteiger partial charge in [0, 0.05) is 0 Å². The van der Waals surface area contributed by atoms with Crippen LogP contribution >= 0.6 is 0 Å². The lowest BCUT2D eigenvalue weighted by atomic mass is 9.75. The van der Waals surface area contributed by atoms with Crippen LogP contribution in [0.2, 0.25) is 6.32 Å². The number of aliphatic carboxylic acids is 1. The summed E-state index contributed by atoms with van der Waals surface area (Å²) in [5.74, 6) is 0.0470. The van der Waals surface area contributed by atoms with E-state index in [0.717, 1.165) is 57.6 Å². The van der Waals surface area contributed by atoms with Crippen molar-refractivity contribution < 1.29 is 9.90 Å². The largest absolute Gasteiger partial charge is 0.480 e. The highest BCUT2D eigenvalue weighted by atomic mass is 16.4. The molecule has 122 valence electrons. The Morgan fingerprint density at radius 2 is 2.00 bits per heavy atom. The average molecular weight is 296 g/mol. The highest BCUT2D eigenvalue weighted by Gasteiger charge is 2.42. The van der Waals surface area contributed by atoms with Crippen LogP contribution in [0.5, 0.6) is 0 Å². The Bertz CT molecular complexity index is 317. The Morgan fingerprint density at radius 3 is 2.48 bits per heavy atom. The zero-order valence-electron chi connectivity index (χ0n) is 14.1. The van der Waals surface area contributed by atoms with Crippen LogP contribution in [0.1, 0.15) is 52.4 Å². The first-order valence-electron chi connectivity index (χ1n) is 8.64. The van der Waals surface area contributed by atoms with Crippen molar-refractivity contribution in [2.75, 3.05) is 19.6 Å². The van der Waals surface area contributed by atoms with Gasteiger partial charge in [0.25, 0.3) is 0 Å². The molecule has 4 nitrogen and oxygen atoms in total. The molecule has 1 aliphatic heterocycles. The number of carboxylic acids is 1. The second kappa shape index (κ2) is 8.79. The number of likely N-dealkylation sites (tertiary alicyclic amines) is 1. The Morgan fingerprint density at radius 1 is 1.38 bits per heavy atom. The highest BCUT2D eigenvalue weighted by molar-refractivity contribution is 6.08. The molecule has 0 saturated carbocycles. The summed E-state index contributed by atoms with van der Waals surface area (Å²) in [5, 5.41) is 9.59. The van der Waals surface area contributed by atoms with Crippen molar-refractivity contribution in [3.05, 3.63) is 0 Å². The molecule has 0 amide bonds. The number of unbranched alkanes of at least 4 members (excludes halogenated alkanes) is 1. The van der Waals surface area contributed by atoms with Gasteiger partial charge in [0.1, 0.15) is 13.4 Å². The van der Waals surface area contributed by atoms with Gasteiger partial charge >= 0.3 is 5.97 Å². The standard InChI is InChI=1S/C16H33BN2O2/c1-13(2)5-10-19-11-6-14(7-12-19)16(18,15(20)21)8-3-4-9-17/h13-14H,3-12,17-18H2,1-2H3,(H,20,21). The van der Waals surface area contributed by atoms with Crippen LogP contribution in [-0.4, -0.2) is 49.0 Å². The first kappa shape index (κ1) is 18.5. The zero-order valence-corrected chi connectivity index (χ0v) is 14.1. The first-order chi connectivity index (χ1) is 9.90. The van der Waals surface area contributed by atoms with E-state index in [-0.39, 0.29) is 5.92 Å². The van der Waals surface area contributed by atoms with E-state index in [9.17, 15) is 9.90 Å². The Labute approximate surface area is 130 Å². The SMILES string of the molecule is BCCCCC(N)(C(=O)O)C1CCN(CCC(C)C)CC1. The van der Waals surface area contributed by atoms with Crippen molar-refractivity contribution >= 4 is 13.8 Å². The fraction of sp³-hybridized carbons (Fsp3) is 0.938. The van der Waals surface area contributed by atoms with Crippen LogP contribution in [0, 0.1) is 11.8 Å². The molecular formula is C16H33BN2O2. The number of hydrogen-bond acceptors (Lipinski definition) is 3. The zero-order chi connectivity index (χ0) is 15.9. The van der Waals surface area contributed by atoms with Crippen LogP contribution in [-0.2, 0) is 4.79 Å².